The van der Waals surface area contributed by atoms with E-state index in [1.165, 1.54) is 0 Å². The van der Waals surface area contributed by atoms with Crippen LogP contribution in [0.3, 0.4) is 0 Å². The van der Waals surface area contributed by atoms with Gasteiger partial charge in [0, 0.05) is 30.5 Å². The Morgan fingerprint density at radius 1 is 1.21 bits per heavy atom. The standard InChI is InChI=1S/C18H19FN4O/c1-24-15-6-2-13(3-7-15)16-12-22-10-8-17(21-18(22)20-16)23(11-9-19)14-4-5-14/h2-3,6-8,10,12,14H,4-5,9,11H2,1H3. The summed E-state index contributed by atoms with van der Waals surface area (Å²) < 4.78 is 19.9. The molecule has 0 unspecified atom stereocenters. The predicted molar refractivity (Wildman–Crippen MR) is 91.3 cm³/mol. The maximum atomic E-state index is 12.8. The largest absolute Gasteiger partial charge is 0.497 e. The molecule has 5 nitrogen and oxygen atoms in total. The molecule has 0 amide bonds. The number of aromatic nitrogens is 3. The molecule has 0 radical (unpaired) electrons. The lowest BCUT2D eigenvalue weighted by Crippen LogP contribution is -2.28. The normalized spacial score (nSPS) is 14.1. The lowest BCUT2D eigenvalue weighted by molar-refractivity contribution is 0.415. The van der Waals surface area contributed by atoms with Crippen LogP contribution < -0.4 is 9.64 Å². The van der Waals surface area contributed by atoms with E-state index in [1.54, 1.807) is 7.11 Å². The van der Waals surface area contributed by atoms with Crippen molar-refractivity contribution in [3.63, 3.8) is 0 Å². The summed E-state index contributed by atoms with van der Waals surface area (Å²) >= 11 is 0. The Labute approximate surface area is 139 Å². The maximum Gasteiger partial charge on any atom is 0.236 e. The number of methoxy groups -OCH3 is 1. The fourth-order valence-electron chi connectivity index (χ4n) is 2.89. The van der Waals surface area contributed by atoms with Gasteiger partial charge in [0.05, 0.1) is 12.8 Å². The number of hydrogen-bond acceptors (Lipinski definition) is 4. The molecule has 0 aliphatic heterocycles. The van der Waals surface area contributed by atoms with E-state index in [4.69, 9.17) is 4.74 Å². The predicted octanol–water partition coefficient (Wildman–Crippen LogP) is 3.34. The van der Waals surface area contributed by atoms with Crippen LogP contribution in [0.2, 0.25) is 0 Å². The fraction of sp³-hybridized carbons (Fsp3) is 0.333. The van der Waals surface area contributed by atoms with E-state index in [2.05, 4.69) is 9.97 Å². The van der Waals surface area contributed by atoms with Gasteiger partial charge in [-0.1, -0.05) is 0 Å². The van der Waals surface area contributed by atoms with Gasteiger partial charge in [-0.25, -0.2) is 9.37 Å². The Hall–Kier alpha value is -2.63. The van der Waals surface area contributed by atoms with Crippen molar-refractivity contribution in [3.05, 3.63) is 42.7 Å². The van der Waals surface area contributed by atoms with Crippen molar-refractivity contribution < 1.29 is 9.13 Å². The van der Waals surface area contributed by atoms with E-state index >= 15 is 0 Å². The highest BCUT2D eigenvalue weighted by atomic mass is 19.1. The number of nitrogens with zero attached hydrogens (tertiary/aromatic N) is 4. The number of fused-ring (bicyclic) bond motifs is 1. The molecule has 1 fully saturated rings. The molecule has 1 aromatic carbocycles. The molecule has 24 heavy (non-hydrogen) atoms. The van der Waals surface area contributed by atoms with Crippen molar-refractivity contribution in [3.8, 4) is 17.0 Å². The van der Waals surface area contributed by atoms with Crippen LogP contribution in [0.5, 0.6) is 5.75 Å². The van der Waals surface area contributed by atoms with Gasteiger partial charge in [0.1, 0.15) is 18.2 Å². The molecular weight excluding hydrogens is 307 g/mol. The summed E-state index contributed by atoms with van der Waals surface area (Å²) in [5, 5.41) is 0. The molecule has 3 aromatic rings. The molecule has 124 valence electrons. The van der Waals surface area contributed by atoms with Crippen LogP contribution in [0.15, 0.2) is 42.7 Å². The highest BCUT2D eigenvalue weighted by Crippen LogP contribution is 2.31. The Morgan fingerprint density at radius 3 is 2.67 bits per heavy atom. The first-order valence-electron chi connectivity index (χ1n) is 8.11. The van der Waals surface area contributed by atoms with Crippen LogP contribution in [0.1, 0.15) is 12.8 Å². The molecule has 0 atom stereocenters. The first-order chi connectivity index (χ1) is 11.8. The second-order valence-corrected chi connectivity index (χ2v) is 5.96. The van der Waals surface area contributed by atoms with Crippen molar-refractivity contribution in [1.29, 1.82) is 0 Å². The SMILES string of the molecule is COc1ccc(-c2cn3ccc(N(CCF)C4CC4)nc3n2)cc1. The van der Waals surface area contributed by atoms with Crippen LogP contribution >= 0.6 is 0 Å². The molecule has 0 saturated heterocycles. The molecule has 2 aromatic heterocycles. The smallest absolute Gasteiger partial charge is 0.236 e. The lowest BCUT2D eigenvalue weighted by Gasteiger charge is -2.21. The van der Waals surface area contributed by atoms with E-state index in [1.807, 2.05) is 52.0 Å². The van der Waals surface area contributed by atoms with Crippen LogP contribution in [-0.4, -0.2) is 40.7 Å². The molecule has 0 N–H and O–H groups in total. The molecular formula is C18H19FN4O. The summed E-state index contributed by atoms with van der Waals surface area (Å²) in [6.07, 6.45) is 6.10. The fourth-order valence-corrected chi connectivity index (χ4v) is 2.89. The number of alkyl halides is 1. The molecule has 0 spiro atoms. The highest BCUT2D eigenvalue weighted by molar-refractivity contribution is 5.63. The number of anilines is 1. The van der Waals surface area contributed by atoms with Crippen LogP contribution in [0.25, 0.3) is 17.0 Å². The van der Waals surface area contributed by atoms with Crippen molar-refractivity contribution in [2.75, 3.05) is 25.2 Å². The van der Waals surface area contributed by atoms with Gasteiger partial charge in [-0.15, -0.1) is 0 Å². The lowest BCUT2D eigenvalue weighted by atomic mass is 10.2. The summed E-state index contributed by atoms with van der Waals surface area (Å²) in [6.45, 7) is 0.0226. The number of hydrogen-bond donors (Lipinski definition) is 0. The second-order valence-electron chi connectivity index (χ2n) is 5.96. The highest BCUT2D eigenvalue weighted by Gasteiger charge is 2.30. The quantitative estimate of drug-likeness (QED) is 0.697. The molecule has 1 aliphatic carbocycles. The topological polar surface area (TPSA) is 42.7 Å². The first-order valence-corrected chi connectivity index (χ1v) is 8.11. The van der Waals surface area contributed by atoms with Crippen LogP contribution in [0.4, 0.5) is 10.2 Å². The van der Waals surface area contributed by atoms with E-state index < -0.39 is 0 Å². The summed E-state index contributed by atoms with van der Waals surface area (Å²) in [4.78, 5) is 11.3. The molecule has 0 bridgehead atoms. The van der Waals surface area contributed by atoms with E-state index in [-0.39, 0.29) is 6.67 Å². The summed E-state index contributed by atoms with van der Waals surface area (Å²) in [5.74, 6) is 2.24. The first kappa shape index (κ1) is 14.9. The third kappa shape index (κ3) is 2.79. The molecule has 4 rings (SSSR count). The number of benzene rings is 1. The van der Waals surface area contributed by atoms with E-state index in [0.29, 0.717) is 18.4 Å². The molecule has 2 heterocycles. The molecule has 1 aliphatic rings. The third-order valence-electron chi connectivity index (χ3n) is 4.30. The third-order valence-corrected chi connectivity index (χ3v) is 4.30. The Kier molecular flexibility index (Phi) is 3.80. The summed E-state index contributed by atoms with van der Waals surface area (Å²) in [7, 11) is 1.65. The molecule has 1 saturated carbocycles. The van der Waals surface area contributed by atoms with Gasteiger partial charge < -0.3 is 9.64 Å². The minimum absolute atomic E-state index is 0.366. The van der Waals surface area contributed by atoms with Crippen molar-refractivity contribution >= 4 is 11.6 Å². The minimum Gasteiger partial charge on any atom is -0.497 e. The van der Waals surface area contributed by atoms with E-state index in [9.17, 15) is 4.39 Å². The molecule has 6 heteroatoms. The average Bonchev–Trinajstić information content (AvgIpc) is 3.37. The van der Waals surface area contributed by atoms with Crippen molar-refractivity contribution in [2.24, 2.45) is 0 Å². The summed E-state index contributed by atoms with van der Waals surface area (Å²) in [6, 6.07) is 10.1. The van der Waals surface area contributed by atoms with Gasteiger partial charge in [-0.2, -0.15) is 4.98 Å². The number of imidazole rings is 1. The number of rotatable bonds is 6. The zero-order valence-corrected chi connectivity index (χ0v) is 13.5. The van der Waals surface area contributed by atoms with Crippen molar-refractivity contribution in [2.45, 2.75) is 18.9 Å². The Morgan fingerprint density at radius 2 is 2.00 bits per heavy atom. The zero-order valence-electron chi connectivity index (χ0n) is 13.5. The van der Waals surface area contributed by atoms with Crippen LogP contribution in [0, 0.1) is 0 Å². The van der Waals surface area contributed by atoms with Gasteiger partial charge in [0.2, 0.25) is 5.78 Å². The minimum atomic E-state index is -0.366. The van der Waals surface area contributed by atoms with Gasteiger partial charge in [-0.05, 0) is 43.2 Å². The van der Waals surface area contributed by atoms with Gasteiger partial charge in [0.25, 0.3) is 0 Å². The van der Waals surface area contributed by atoms with Crippen molar-refractivity contribution in [1.82, 2.24) is 14.4 Å². The number of ether oxygens (including phenoxy) is 1. The Bertz CT molecular complexity index is 842. The van der Waals surface area contributed by atoms with Gasteiger partial charge in [0.15, 0.2) is 0 Å². The zero-order chi connectivity index (χ0) is 16.5. The van der Waals surface area contributed by atoms with Gasteiger partial charge >= 0.3 is 0 Å². The number of halogens is 1. The van der Waals surface area contributed by atoms with Crippen LogP contribution in [-0.2, 0) is 0 Å². The van der Waals surface area contributed by atoms with E-state index in [0.717, 1.165) is 35.7 Å². The van der Waals surface area contributed by atoms with Gasteiger partial charge in [-0.3, -0.25) is 4.40 Å². The monoisotopic (exact) mass is 326 g/mol. The second kappa shape index (κ2) is 6.11. The average molecular weight is 326 g/mol. The maximum absolute atomic E-state index is 12.8. The summed E-state index contributed by atoms with van der Waals surface area (Å²) in [5.41, 5.74) is 1.86. The Balaban J connectivity index is 1.67.